The zero-order valence-electron chi connectivity index (χ0n) is 9.81. The lowest BCUT2D eigenvalue weighted by Crippen LogP contribution is -2.40. The van der Waals surface area contributed by atoms with Crippen LogP contribution in [0, 0.1) is 17.3 Å². The fourth-order valence-electron chi connectivity index (χ4n) is 3.20. The summed E-state index contributed by atoms with van der Waals surface area (Å²) in [5, 5.41) is 0. The van der Waals surface area contributed by atoms with Crippen LogP contribution >= 0.6 is 0 Å². The number of hydrogen-bond acceptors (Lipinski definition) is 1. The summed E-state index contributed by atoms with van der Waals surface area (Å²) < 4.78 is 0. The average molecular weight is 204 g/mol. The minimum Gasteiger partial charge on any atom is -0.299 e. The fraction of sp³-hybridized carbons (Fsp3) is 0.643. The van der Waals surface area contributed by atoms with Crippen molar-refractivity contribution in [1.29, 1.82) is 0 Å². The third kappa shape index (κ3) is 1.40. The van der Waals surface area contributed by atoms with Crippen molar-refractivity contribution in [1.82, 2.24) is 0 Å². The van der Waals surface area contributed by atoms with Gasteiger partial charge in [0, 0.05) is 11.8 Å². The van der Waals surface area contributed by atoms with E-state index < -0.39 is 0 Å². The topological polar surface area (TPSA) is 17.1 Å². The SMILES string of the molecule is C=C(C)[C@H]1CC(=O)[C@@]2(C)C(=C)CCC2C1. The molecule has 0 bridgehead atoms. The molecule has 0 amide bonds. The summed E-state index contributed by atoms with van der Waals surface area (Å²) in [5.41, 5.74) is 2.13. The third-order valence-corrected chi connectivity index (χ3v) is 4.62. The van der Waals surface area contributed by atoms with Crippen molar-refractivity contribution in [2.45, 2.75) is 39.5 Å². The van der Waals surface area contributed by atoms with Gasteiger partial charge < -0.3 is 0 Å². The van der Waals surface area contributed by atoms with Crippen LogP contribution in [0.4, 0.5) is 0 Å². The molecule has 0 aromatic heterocycles. The second kappa shape index (κ2) is 3.33. The van der Waals surface area contributed by atoms with Crippen LogP contribution in [0.5, 0.6) is 0 Å². The van der Waals surface area contributed by atoms with Crippen LogP contribution in [0.25, 0.3) is 0 Å². The van der Waals surface area contributed by atoms with E-state index in [1.54, 1.807) is 0 Å². The first-order valence-corrected chi connectivity index (χ1v) is 5.83. The summed E-state index contributed by atoms with van der Waals surface area (Å²) in [5.74, 6) is 1.34. The molecule has 0 spiro atoms. The Morgan fingerprint density at radius 1 is 1.53 bits per heavy atom. The maximum Gasteiger partial charge on any atom is 0.143 e. The predicted molar refractivity (Wildman–Crippen MR) is 62.5 cm³/mol. The van der Waals surface area contributed by atoms with E-state index in [2.05, 4.69) is 20.1 Å². The Balaban J connectivity index is 2.28. The van der Waals surface area contributed by atoms with Crippen molar-refractivity contribution in [2.75, 3.05) is 0 Å². The van der Waals surface area contributed by atoms with Crippen LogP contribution < -0.4 is 0 Å². The van der Waals surface area contributed by atoms with Gasteiger partial charge in [-0.1, -0.05) is 24.3 Å². The van der Waals surface area contributed by atoms with Gasteiger partial charge in [-0.05, 0) is 44.9 Å². The molecule has 82 valence electrons. The summed E-state index contributed by atoms with van der Waals surface area (Å²) in [7, 11) is 0. The van der Waals surface area contributed by atoms with E-state index in [9.17, 15) is 4.79 Å². The monoisotopic (exact) mass is 204 g/mol. The molecule has 3 atom stereocenters. The Morgan fingerprint density at radius 2 is 2.20 bits per heavy atom. The number of Topliss-reactive ketones (excluding diaryl/α,β-unsaturated/α-hetero) is 1. The molecule has 2 fully saturated rings. The highest BCUT2D eigenvalue weighted by molar-refractivity contribution is 5.89. The molecule has 2 saturated carbocycles. The predicted octanol–water partition coefficient (Wildman–Crippen LogP) is 3.51. The largest absolute Gasteiger partial charge is 0.299 e. The van der Waals surface area contributed by atoms with E-state index in [4.69, 9.17) is 0 Å². The molecule has 2 aliphatic rings. The molecule has 15 heavy (non-hydrogen) atoms. The van der Waals surface area contributed by atoms with Crippen LogP contribution in [0.15, 0.2) is 24.3 Å². The van der Waals surface area contributed by atoms with Crippen molar-refractivity contribution in [2.24, 2.45) is 17.3 Å². The normalized spacial score (nSPS) is 40.4. The maximum atomic E-state index is 12.2. The van der Waals surface area contributed by atoms with Gasteiger partial charge in [0.2, 0.25) is 0 Å². The number of rotatable bonds is 1. The molecule has 0 saturated heterocycles. The molecule has 1 unspecified atom stereocenters. The molecule has 2 aliphatic carbocycles. The number of carbonyl (C=O) groups excluding carboxylic acids is 1. The highest BCUT2D eigenvalue weighted by Crippen LogP contribution is 2.54. The molecule has 0 radical (unpaired) electrons. The lowest BCUT2D eigenvalue weighted by atomic mass is 9.63. The Morgan fingerprint density at radius 3 is 2.80 bits per heavy atom. The van der Waals surface area contributed by atoms with E-state index in [1.807, 2.05) is 6.92 Å². The number of fused-ring (bicyclic) bond motifs is 1. The Bertz CT molecular complexity index is 339. The fourth-order valence-corrected chi connectivity index (χ4v) is 3.20. The minimum absolute atomic E-state index is 0.202. The standard InChI is InChI=1S/C14H20O/c1-9(2)11-7-12-6-5-10(3)14(12,4)13(15)8-11/h11-12H,1,3,5-8H2,2,4H3/t11-,12?,14+/m1/s1. The van der Waals surface area contributed by atoms with Crippen LogP contribution in [0.1, 0.15) is 39.5 Å². The first-order chi connectivity index (χ1) is 6.96. The summed E-state index contributed by atoms with van der Waals surface area (Å²) >= 11 is 0. The highest BCUT2D eigenvalue weighted by Gasteiger charge is 2.51. The van der Waals surface area contributed by atoms with Crippen molar-refractivity contribution in [3.05, 3.63) is 24.3 Å². The Hall–Kier alpha value is -0.850. The second-order valence-electron chi connectivity index (χ2n) is 5.45. The van der Waals surface area contributed by atoms with E-state index >= 15 is 0 Å². The van der Waals surface area contributed by atoms with Gasteiger partial charge in [-0.15, -0.1) is 0 Å². The van der Waals surface area contributed by atoms with Gasteiger partial charge >= 0.3 is 0 Å². The van der Waals surface area contributed by atoms with Gasteiger partial charge in [0.1, 0.15) is 5.78 Å². The molecule has 0 aliphatic heterocycles. The van der Waals surface area contributed by atoms with Crippen molar-refractivity contribution < 1.29 is 4.79 Å². The Labute approximate surface area is 92.3 Å². The first-order valence-electron chi connectivity index (χ1n) is 5.83. The number of carbonyl (C=O) groups is 1. The minimum atomic E-state index is -0.202. The quantitative estimate of drug-likeness (QED) is 0.597. The molecule has 0 aromatic rings. The van der Waals surface area contributed by atoms with E-state index in [0.717, 1.165) is 24.8 Å². The zero-order chi connectivity index (χ0) is 11.2. The summed E-state index contributed by atoms with van der Waals surface area (Å²) in [4.78, 5) is 12.2. The molecule has 0 heterocycles. The molecule has 0 aromatic carbocycles. The first kappa shape index (κ1) is 10.7. The van der Waals surface area contributed by atoms with Gasteiger partial charge in [-0.2, -0.15) is 0 Å². The summed E-state index contributed by atoms with van der Waals surface area (Å²) in [6.07, 6.45) is 4.00. The maximum absolute atomic E-state index is 12.2. The molecular formula is C14H20O. The Kier molecular flexibility index (Phi) is 2.37. The third-order valence-electron chi connectivity index (χ3n) is 4.62. The van der Waals surface area contributed by atoms with Crippen LogP contribution in [-0.2, 0) is 4.79 Å². The van der Waals surface area contributed by atoms with E-state index in [-0.39, 0.29) is 5.41 Å². The lowest BCUT2D eigenvalue weighted by molar-refractivity contribution is -0.131. The smallest absolute Gasteiger partial charge is 0.143 e. The lowest BCUT2D eigenvalue weighted by Gasteiger charge is -2.39. The summed E-state index contributed by atoms with van der Waals surface area (Å²) in [6, 6.07) is 0. The summed E-state index contributed by atoms with van der Waals surface area (Å²) in [6.45, 7) is 12.2. The van der Waals surface area contributed by atoms with Gasteiger partial charge in [0.15, 0.2) is 0 Å². The van der Waals surface area contributed by atoms with E-state index in [0.29, 0.717) is 24.0 Å². The highest BCUT2D eigenvalue weighted by atomic mass is 16.1. The molecule has 1 nitrogen and oxygen atoms in total. The van der Waals surface area contributed by atoms with Crippen molar-refractivity contribution in [3.63, 3.8) is 0 Å². The average Bonchev–Trinajstić information content (AvgIpc) is 2.46. The molecule has 1 heteroatoms. The molecular weight excluding hydrogens is 184 g/mol. The number of allylic oxidation sites excluding steroid dienone is 2. The van der Waals surface area contributed by atoms with Crippen LogP contribution in [0.2, 0.25) is 0 Å². The molecule has 2 rings (SSSR count). The van der Waals surface area contributed by atoms with Gasteiger partial charge in [-0.3, -0.25) is 4.79 Å². The van der Waals surface area contributed by atoms with Gasteiger partial charge in [0.25, 0.3) is 0 Å². The van der Waals surface area contributed by atoms with Crippen LogP contribution in [-0.4, -0.2) is 5.78 Å². The van der Waals surface area contributed by atoms with Crippen molar-refractivity contribution in [3.8, 4) is 0 Å². The molecule has 0 N–H and O–H groups in total. The van der Waals surface area contributed by atoms with Gasteiger partial charge in [-0.25, -0.2) is 0 Å². The van der Waals surface area contributed by atoms with Crippen molar-refractivity contribution >= 4 is 5.78 Å². The second-order valence-corrected chi connectivity index (χ2v) is 5.45. The number of hydrogen-bond donors (Lipinski definition) is 0. The number of ketones is 1. The zero-order valence-corrected chi connectivity index (χ0v) is 9.81. The van der Waals surface area contributed by atoms with E-state index in [1.165, 1.54) is 5.57 Å². The van der Waals surface area contributed by atoms with Gasteiger partial charge in [0.05, 0.1) is 0 Å². The van der Waals surface area contributed by atoms with Crippen LogP contribution in [0.3, 0.4) is 0 Å².